The summed E-state index contributed by atoms with van der Waals surface area (Å²) in [6.07, 6.45) is 1.96. The van der Waals surface area contributed by atoms with Crippen molar-refractivity contribution in [3.8, 4) is 0 Å². The van der Waals surface area contributed by atoms with Crippen LogP contribution in [0, 0.1) is 6.92 Å². The van der Waals surface area contributed by atoms with Crippen molar-refractivity contribution in [1.82, 2.24) is 9.78 Å². The molecule has 0 radical (unpaired) electrons. The molecule has 0 spiro atoms. The molecule has 0 saturated carbocycles. The molecule has 0 saturated heterocycles. The highest BCUT2D eigenvalue weighted by Gasteiger charge is 2.09. The maximum absolute atomic E-state index is 11.4. The second-order valence-electron chi connectivity index (χ2n) is 4.56. The summed E-state index contributed by atoms with van der Waals surface area (Å²) in [7, 11) is 3.23. The van der Waals surface area contributed by atoms with E-state index in [0.29, 0.717) is 17.8 Å². The number of carbonyl (C=O) groups excluding carboxylic acids is 1. The number of rotatable bonds is 4. The Hall–Kier alpha value is -2.50. The minimum atomic E-state index is -0.397. The minimum Gasteiger partial charge on any atom is -0.465 e. The SMILES string of the molecule is COC(=O)c1ccc(NCc2cn(C)nc2C)c(N)c1. The molecule has 6 heteroatoms. The molecule has 0 unspecified atom stereocenters. The van der Waals surface area contributed by atoms with Crippen molar-refractivity contribution >= 4 is 17.3 Å². The van der Waals surface area contributed by atoms with Crippen molar-refractivity contribution in [2.24, 2.45) is 7.05 Å². The van der Waals surface area contributed by atoms with Gasteiger partial charge >= 0.3 is 5.97 Å². The summed E-state index contributed by atoms with van der Waals surface area (Å²) in [5, 5.41) is 7.52. The van der Waals surface area contributed by atoms with Gasteiger partial charge in [0, 0.05) is 25.4 Å². The maximum Gasteiger partial charge on any atom is 0.337 e. The average Bonchev–Trinajstić information content (AvgIpc) is 2.74. The molecule has 20 heavy (non-hydrogen) atoms. The number of esters is 1. The van der Waals surface area contributed by atoms with Crippen molar-refractivity contribution in [3.63, 3.8) is 0 Å². The van der Waals surface area contributed by atoms with Crippen LogP contribution >= 0.6 is 0 Å². The number of benzene rings is 1. The van der Waals surface area contributed by atoms with Gasteiger partial charge in [-0.15, -0.1) is 0 Å². The van der Waals surface area contributed by atoms with Gasteiger partial charge in [0.2, 0.25) is 0 Å². The smallest absolute Gasteiger partial charge is 0.337 e. The molecule has 1 aromatic heterocycles. The Balaban J connectivity index is 2.10. The fourth-order valence-corrected chi connectivity index (χ4v) is 1.98. The molecule has 3 N–H and O–H groups in total. The van der Waals surface area contributed by atoms with E-state index in [-0.39, 0.29) is 0 Å². The van der Waals surface area contributed by atoms with Crippen molar-refractivity contribution in [3.05, 3.63) is 41.2 Å². The average molecular weight is 274 g/mol. The third-order valence-electron chi connectivity index (χ3n) is 3.06. The Morgan fingerprint density at radius 3 is 2.80 bits per heavy atom. The van der Waals surface area contributed by atoms with E-state index in [1.807, 2.05) is 20.2 Å². The van der Waals surface area contributed by atoms with E-state index < -0.39 is 5.97 Å². The van der Waals surface area contributed by atoms with E-state index in [0.717, 1.165) is 16.9 Å². The fraction of sp³-hybridized carbons (Fsp3) is 0.286. The molecular weight excluding hydrogens is 256 g/mol. The zero-order valence-electron chi connectivity index (χ0n) is 11.8. The van der Waals surface area contributed by atoms with Gasteiger partial charge in [-0.3, -0.25) is 4.68 Å². The van der Waals surface area contributed by atoms with Crippen LogP contribution in [0.25, 0.3) is 0 Å². The molecule has 1 heterocycles. The summed E-state index contributed by atoms with van der Waals surface area (Å²) in [6.45, 7) is 2.59. The van der Waals surface area contributed by atoms with Crippen LogP contribution in [-0.2, 0) is 18.3 Å². The first kappa shape index (κ1) is 13.9. The summed E-state index contributed by atoms with van der Waals surface area (Å²) in [5.41, 5.74) is 9.73. The molecule has 0 amide bonds. The van der Waals surface area contributed by atoms with Crippen LogP contribution in [0.4, 0.5) is 11.4 Å². The molecule has 0 aliphatic rings. The number of methoxy groups -OCH3 is 1. The maximum atomic E-state index is 11.4. The number of aryl methyl sites for hydroxylation is 2. The third-order valence-corrected chi connectivity index (χ3v) is 3.06. The van der Waals surface area contributed by atoms with Crippen LogP contribution < -0.4 is 11.1 Å². The standard InChI is InChI=1S/C14H18N4O2/c1-9-11(8-18(2)17-9)7-16-13-5-4-10(6-12(13)15)14(19)20-3/h4-6,8,16H,7,15H2,1-3H3. The lowest BCUT2D eigenvalue weighted by Gasteiger charge is -2.10. The van der Waals surface area contributed by atoms with Gasteiger partial charge in [0.05, 0.1) is 29.7 Å². The molecule has 2 aromatic rings. The first-order valence-corrected chi connectivity index (χ1v) is 6.22. The Bertz CT molecular complexity index is 634. The largest absolute Gasteiger partial charge is 0.465 e. The van der Waals surface area contributed by atoms with Gasteiger partial charge in [0.25, 0.3) is 0 Å². The number of nitrogen functional groups attached to an aromatic ring is 1. The molecular formula is C14H18N4O2. The van der Waals surface area contributed by atoms with Crippen LogP contribution in [0.2, 0.25) is 0 Å². The van der Waals surface area contributed by atoms with Crippen LogP contribution in [0.5, 0.6) is 0 Å². The van der Waals surface area contributed by atoms with Crippen LogP contribution in [0.15, 0.2) is 24.4 Å². The number of hydrogen-bond donors (Lipinski definition) is 2. The molecule has 106 valence electrons. The highest BCUT2D eigenvalue weighted by atomic mass is 16.5. The van der Waals surface area contributed by atoms with Gasteiger partial charge in [0.1, 0.15) is 0 Å². The molecule has 0 aliphatic heterocycles. The van der Waals surface area contributed by atoms with E-state index in [2.05, 4.69) is 15.2 Å². The van der Waals surface area contributed by atoms with Crippen LogP contribution in [0.1, 0.15) is 21.6 Å². The molecule has 0 bridgehead atoms. The number of nitrogens with two attached hydrogens (primary N) is 1. The number of nitrogens with one attached hydrogen (secondary N) is 1. The topological polar surface area (TPSA) is 82.2 Å². The van der Waals surface area contributed by atoms with Crippen molar-refractivity contribution in [1.29, 1.82) is 0 Å². The lowest BCUT2D eigenvalue weighted by Crippen LogP contribution is -2.06. The van der Waals surface area contributed by atoms with Crippen molar-refractivity contribution < 1.29 is 9.53 Å². The van der Waals surface area contributed by atoms with E-state index in [4.69, 9.17) is 5.73 Å². The molecule has 0 atom stereocenters. The highest BCUT2D eigenvalue weighted by molar-refractivity contribution is 5.91. The van der Waals surface area contributed by atoms with E-state index in [1.165, 1.54) is 7.11 Å². The monoisotopic (exact) mass is 274 g/mol. The minimum absolute atomic E-state index is 0.397. The number of ether oxygens (including phenoxy) is 1. The summed E-state index contributed by atoms with van der Waals surface area (Å²) < 4.78 is 6.43. The fourth-order valence-electron chi connectivity index (χ4n) is 1.98. The first-order chi connectivity index (χ1) is 9.51. The summed E-state index contributed by atoms with van der Waals surface area (Å²) >= 11 is 0. The molecule has 1 aromatic carbocycles. The van der Waals surface area contributed by atoms with E-state index >= 15 is 0 Å². The van der Waals surface area contributed by atoms with Gasteiger partial charge in [-0.05, 0) is 25.1 Å². The van der Waals surface area contributed by atoms with Gasteiger partial charge in [-0.1, -0.05) is 0 Å². The second kappa shape index (κ2) is 5.64. The number of hydrogen-bond acceptors (Lipinski definition) is 5. The van der Waals surface area contributed by atoms with E-state index in [1.54, 1.807) is 22.9 Å². The quantitative estimate of drug-likeness (QED) is 0.655. The first-order valence-electron chi connectivity index (χ1n) is 6.22. The lowest BCUT2D eigenvalue weighted by molar-refractivity contribution is 0.0601. The third kappa shape index (κ3) is 2.90. The molecule has 6 nitrogen and oxygen atoms in total. The predicted molar refractivity (Wildman–Crippen MR) is 77.5 cm³/mol. The normalized spacial score (nSPS) is 10.3. The zero-order chi connectivity index (χ0) is 14.7. The number of anilines is 2. The van der Waals surface area contributed by atoms with Crippen molar-refractivity contribution in [2.75, 3.05) is 18.2 Å². The van der Waals surface area contributed by atoms with Gasteiger partial charge < -0.3 is 15.8 Å². The van der Waals surface area contributed by atoms with Gasteiger partial charge in [0.15, 0.2) is 0 Å². The summed E-state index contributed by atoms with van der Waals surface area (Å²) in [4.78, 5) is 11.4. The Kier molecular flexibility index (Phi) is 3.93. The van der Waals surface area contributed by atoms with Crippen LogP contribution in [-0.4, -0.2) is 22.9 Å². The zero-order valence-corrected chi connectivity index (χ0v) is 11.8. The molecule has 2 rings (SSSR count). The second-order valence-corrected chi connectivity index (χ2v) is 4.56. The Morgan fingerprint density at radius 2 is 2.25 bits per heavy atom. The highest BCUT2D eigenvalue weighted by Crippen LogP contribution is 2.21. The van der Waals surface area contributed by atoms with Crippen LogP contribution in [0.3, 0.4) is 0 Å². The Labute approximate surface area is 117 Å². The summed E-state index contributed by atoms with van der Waals surface area (Å²) in [5.74, 6) is -0.397. The number of nitrogens with zero attached hydrogens (tertiary/aromatic N) is 2. The molecule has 0 fully saturated rings. The predicted octanol–water partition coefficient (Wildman–Crippen LogP) is 1.71. The van der Waals surface area contributed by atoms with E-state index in [9.17, 15) is 4.79 Å². The number of aromatic nitrogens is 2. The molecule has 0 aliphatic carbocycles. The summed E-state index contributed by atoms with van der Waals surface area (Å²) in [6, 6.07) is 5.05. The number of carbonyl (C=O) groups is 1. The van der Waals surface area contributed by atoms with Gasteiger partial charge in [-0.2, -0.15) is 5.10 Å². The van der Waals surface area contributed by atoms with Gasteiger partial charge in [-0.25, -0.2) is 4.79 Å². The lowest BCUT2D eigenvalue weighted by atomic mass is 10.1. The van der Waals surface area contributed by atoms with Crippen molar-refractivity contribution in [2.45, 2.75) is 13.5 Å². The Morgan fingerprint density at radius 1 is 1.50 bits per heavy atom.